The first-order valence-corrected chi connectivity index (χ1v) is 7.70. The van der Waals surface area contributed by atoms with Crippen molar-refractivity contribution in [3.8, 4) is 11.5 Å². The smallest absolute Gasteiger partial charge is 0.165 e. The molecule has 1 unspecified atom stereocenters. The van der Waals surface area contributed by atoms with Crippen molar-refractivity contribution in [2.75, 3.05) is 13.1 Å². The van der Waals surface area contributed by atoms with E-state index in [0.717, 1.165) is 43.9 Å². The van der Waals surface area contributed by atoms with Crippen molar-refractivity contribution >= 4 is 0 Å². The largest absolute Gasteiger partial charge is 0.487 e. The Labute approximate surface area is 122 Å². The fourth-order valence-corrected chi connectivity index (χ4v) is 2.65. The highest BCUT2D eigenvalue weighted by Gasteiger charge is 2.32. The van der Waals surface area contributed by atoms with E-state index >= 15 is 0 Å². The zero-order valence-electron chi connectivity index (χ0n) is 13.2. The minimum Gasteiger partial charge on any atom is -0.487 e. The summed E-state index contributed by atoms with van der Waals surface area (Å²) in [7, 11) is 0. The number of rotatable bonds is 7. The minimum atomic E-state index is -0.115. The molecule has 0 saturated carbocycles. The van der Waals surface area contributed by atoms with Crippen LogP contribution in [-0.2, 0) is 6.42 Å². The Bertz CT molecular complexity index is 443. The molecule has 1 aromatic rings. The minimum absolute atomic E-state index is 0.115. The quantitative estimate of drug-likeness (QED) is 0.773. The zero-order chi connectivity index (χ0) is 14.6. The van der Waals surface area contributed by atoms with Crippen LogP contribution in [0.2, 0.25) is 0 Å². The molecular weight excluding hydrogens is 250 g/mol. The third-order valence-corrected chi connectivity index (χ3v) is 3.60. The molecule has 1 heterocycles. The van der Waals surface area contributed by atoms with Gasteiger partial charge in [-0.05, 0) is 52.8 Å². The van der Waals surface area contributed by atoms with Gasteiger partial charge in [-0.3, -0.25) is 0 Å². The van der Waals surface area contributed by atoms with E-state index in [4.69, 9.17) is 9.47 Å². The second kappa shape index (κ2) is 6.49. The van der Waals surface area contributed by atoms with Gasteiger partial charge < -0.3 is 14.8 Å². The maximum Gasteiger partial charge on any atom is 0.165 e. The molecule has 0 radical (unpaired) electrons. The number of nitrogens with one attached hydrogen (secondary N) is 1. The summed E-state index contributed by atoms with van der Waals surface area (Å²) >= 11 is 0. The molecule has 3 heteroatoms. The number of benzene rings is 1. The van der Waals surface area contributed by atoms with Crippen LogP contribution in [0.4, 0.5) is 0 Å². The van der Waals surface area contributed by atoms with Crippen LogP contribution >= 0.6 is 0 Å². The van der Waals surface area contributed by atoms with Crippen LogP contribution in [-0.4, -0.2) is 24.8 Å². The van der Waals surface area contributed by atoms with Gasteiger partial charge in [-0.15, -0.1) is 0 Å². The molecular formula is C17H27NO2. The van der Waals surface area contributed by atoms with E-state index in [-0.39, 0.29) is 11.7 Å². The van der Waals surface area contributed by atoms with Gasteiger partial charge in [0, 0.05) is 12.0 Å². The van der Waals surface area contributed by atoms with Gasteiger partial charge in [0.05, 0.1) is 6.10 Å². The fraction of sp³-hybridized carbons (Fsp3) is 0.647. The van der Waals surface area contributed by atoms with Gasteiger partial charge in [0.25, 0.3) is 0 Å². The van der Waals surface area contributed by atoms with Crippen LogP contribution in [0.25, 0.3) is 0 Å². The maximum atomic E-state index is 6.08. The first-order chi connectivity index (χ1) is 9.52. The normalized spacial score (nSPS) is 17.4. The van der Waals surface area contributed by atoms with Crippen LogP contribution in [0.5, 0.6) is 11.5 Å². The number of fused-ring (bicyclic) bond motifs is 1. The van der Waals surface area contributed by atoms with Gasteiger partial charge in [-0.2, -0.15) is 0 Å². The lowest BCUT2D eigenvalue weighted by atomic mass is 10.0. The van der Waals surface area contributed by atoms with Crippen LogP contribution in [0, 0.1) is 0 Å². The van der Waals surface area contributed by atoms with E-state index in [9.17, 15) is 0 Å². The number of ether oxygens (including phenoxy) is 2. The fourth-order valence-electron chi connectivity index (χ4n) is 2.65. The Balaban J connectivity index is 1.93. The monoisotopic (exact) mass is 277 g/mol. The molecule has 20 heavy (non-hydrogen) atoms. The molecule has 0 saturated heterocycles. The molecule has 0 amide bonds. The lowest BCUT2D eigenvalue weighted by Gasteiger charge is -2.20. The molecule has 0 bridgehead atoms. The van der Waals surface area contributed by atoms with Gasteiger partial charge in [0.2, 0.25) is 0 Å². The van der Waals surface area contributed by atoms with Gasteiger partial charge in [-0.25, -0.2) is 0 Å². The molecule has 0 spiro atoms. The Morgan fingerprint density at radius 2 is 2.20 bits per heavy atom. The lowest BCUT2D eigenvalue weighted by Crippen LogP contribution is -2.25. The van der Waals surface area contributed by atoms with E-state index in [1.807, 2.05) is 6.07 Å². The van der Waals surface area contributed by atoms with E-state index in [1.54, 1.807) is 0 Å². The number of hydrogen-bond acceptors (Lipinski definition) is 3. The Morgan fingerprint density at radius 1 is 1.40 bits per heavy atom. The highest BCUT2D eigenvalue weighted by atomic mass is 16.5. The number of hydrogen-bond donors (Lipinski definition) is 1. The zero-order valence-corrected chi connectivity index (χ0v) is 13.2. The Morgan fingerprint density at radius 3 is 2.95 bits per heavy atom. The molecule has 0 fully saturated rings. The molecule has 1 aromatic carbocycles. The first-order valence-electron chi connectivity index (χ1n) is 7.70. The first kappa shape index (κ1) is 15.2. The van der Waals surface area contributed by atoms with Crippen molar-refractivity contribution in [3.63, 3.8) is 0 Å². The lowest BCUT2D eigenvalue weighted by molar-refractivity contribution is 0.125. The van der Waals surface area contributed by atoms with E-state index in [0.29, 0.717) is 0 Å². The highest BCUT2D eigenvalue weighted by Crippen LogP contribution is 2.42. The SMILES string of the molecule is CCNCCCC(C)Oc1cccc2c1OC(C)(C)C2. The Hall–Kier alpha value is -1.22. The van der Waals surface area contributed by atoms with Crippen molar-refractivity contribution in [2.45, 2.75) is 58.7 Å². The van der Waals surface area contributed by atoms with Gasteiger partial charge in [0.15, 0.2) is 11.5 Å². The third kappa shape index (κ3) is 3.89. The summed E-state index contributed by atoms with van der Waals surface area (Å²) in [4.78, 5) is 0. The van der Waals surface area contributed by atoms with Crippen molar-refractivity contribution in [1.82, 2.24) is 5.32 Å². The summed E-state index contributed by atoms with van der Waals surface area (Å²) in [6.07, 6.45) is 3.36. The summed E-state index contributed by atoms with van der Waals surface area (Å²) in [5.41, 5.74) is 1.14. The summed E-state index contributed by atoms with van der Waals surface area (Å²) in [6, 6.07) is 6.21. The molecule has 112 valence electrons. The molecule has 1 aliphatic rings. The molecule has 1 N–H and O–H groups in total. The molecule has 0 aromatic heterocycles. The van der Waals surface area contributed by atoms with E-state index in [2.05, 4.69) is 45.1 Å². The van der Waals surface area contributed by atoms with Crippen molar-refractivity contribution in [3.05, 3.63) is 23.8 Å². The predicted octanol–water partition coefficient (Wildman–Crippen LogP) is 3.56. The van der Waals surface area contributed by atoms with Crippen molar-refractivity contribution < 1.29 is 9.47 Å². The molecule has 2 rings (SSSR count). The van der Waals surface area contributed by atoms with Gasteiger partial charge in [0.1, 0.15) is 5.60 Å². The van der Waals surface area contributed by atoms with Crippen molar-refractivity contribution in [2.24, 2.45) is 0 Å². The van der Waals surface area contributed by atoms with Crippen LogP contribution in [0.1, 0.15) is 46.1 Å². The second-order valence-electron chi connectivity index (χ2n) is 6.21. The summed E-state index contributed by atoms with van der Waals surface area (Å²) < 4.78 is 12.1. The maximum absolute atomic E-state index is 6.08. The van der Waals surface area contributed by atoms with Gasteiger partial charge in [-0.1, -0.05) is 19.1 Å². The summed E-state index contributed by atoms with van der Waals surface area (Å²) in [5.74, 6) is 1.83. The van der Waals surface area contributed by atoms with Crippen LogP contribution < -0.4 is 14.8 Å². The standard InChI is InChI=1S/C17H27NO2/c1-5-18-11-7-8-13(2)19-15-10-6-9-14-12-17(3,4)20-16(14)15/h6,9-10,13,18H,5,7-8,11-12H2,1-4H3. The highest BCUT2D eigenvalue weighted by molar-refractivity contribution is 5.50. The van der Waals surface area contributed by atoms with Crippen molar-refractivity contribution in [1.29, 1.82) is 0 Å². The number of para-hydroxylation sites is 1. The molecule has 1 atom stereocenters. The third-order valence-electron chi connectivity index (χ3n) is 3.60. The average Bonchev–Trinajstić information content (AvgIpc) is 2.70. The average molecular weight is 277 g/mol. The molecule has 3 nitrogen and oxygen atoms in total. The Kier molecular flexibility index (Phi) is 4.92. The van der Waals surface area contributed by atoms with Crippen LogP contribution in [0.15, 0.2) is 18.2 Å². The predicted molar refractivity (Wildman–Crippen MR) is 82.7 cm³/mol. The van der Waals surface area contributed by atoms with Gasteiger partial charge >= 0.3 is 0 Å². The van der Waals surface area contributed by atoms with E-state index in [1.165, 1.54) is 5.56 Å². The molecule has 1 aliphatic heterocycles. The molecule has 0 aliphatic carbocycles. The summed E-state index contributed by atoms with van der Waals surface area (Å²) in [6.45, 7) is 10.6. The second-order valence-corrected chi connectivity index (χ2v) is 6.21. The van der Waals surface area contributed by atoms with E-state index < -0.39 is 0 Å². The summed E-state index contributed by atoms with van der Waals surface area (Å²) in [5, 5.41) is 3.34. The topological polar surface area (TPSA) is 30.5 Å². The van der Waals surface area contributed by atoms with Crippen LogP contribution in [0.3, 0.4) is 0 Å².